The van der Waals surface area contributed by atoms with Gasteiger partial charge in [-0.3, -0.25) is 4.79 Å². The van der Waals surface area contributed by atoms with Gasteiger partial charge in [-0.15, -0.1) is 0 Å². The maximum absolute atomic E-state index is 13.3. The van der Waals surface area contributed by atoms with Gasteiger partial charge < -0.3 is 25.1 Å². The molecule has 2 bridgehead atoms. The fraction of sp³-hybridized carbons (Fsp3) is 0.917. The van der Waals surface area contributed by atoms with E-state index in [1.165, 1.54) is 0 Å². The van der Waals surface area contributed by atoms with Gasteiger partial charge in [0.15, 0.2) is 0 Å². The van der Waals surface area contributed by atoms with Crippen LogP contribution in [0.2, 0.25) is 0 Å². The zero-order valence-corrected chi connectivity index (χ0v) is 28.5. The Labute approximate surface area is 255 Å². The van der Waals surface area contributed by atoms with E-state index in [0.717, 1.165) is 38.5 Å². The van der Waals surface area contributed by atoms with Crippen LogP contribution in [0.15, 0.2) is 11.6 Å². The molecule has 0 aromatic heterocycles. The Bertz CT molecular complexity index is 1100. The van der Waals surface area contributed by atoms with Crippen LogP contribution in [0.3, 0.4) is 0 Å². The molecule has 4 aliphatic carbocycles. The Hall–Kier alpha value is -0.950. The molecule has 1 aliphatic heterocycles. The Kier molecular flexibility index (Phi) is 7.95. The Balaban J connectivity index is 1.60. The van der Waals surface area contributed by atoms with E-state index in [1.807, 2.05) is 21.0 Å². The topological polar surface area (TPSA) is 91.0 Å². The van der Waals surface area contributed by atoms with Gasteiger partial charge in [-0.1, -0.05) is 60.1 Å². The quantitative estimate of drug-likeness (QED) is 0.309. The Morgan fingerprint density at radius 2 is 1.81 bits per heavy atom. The lowest BCUT2D eigenvalue weighted by Gasteiger charge is -2.72. The molecule has 0 unspecified atom stereocenters. The van der Waals surface area contributed by atoms with Crippen molar-refractivity contribution in [3.05, 3.63) is 11.6 Å². The SMILES string of the molecule is CO[C@@H]1C[C@]23C4=CC[C@@]5(C)[C@H](C(=O)O)[C@@](C)([C@H](C)C(C)C)CC[C@]5(C)[C@H]4CC[C@H]2[C@@](C)(CO[C@H]3C)[C@H]1OCC(C)(C)N. The summed E-state index contributed by atoms with van der Waals surface area (Å²) in [5.41, 5.74) is 6.53. The van der Waals surface area contributed by atoms with Crippen LogP contribution in [0.1, 0.15) is 108 Å². The number of nitrogens with two attached hydrogens (primary N) is 1. The van der Waals surface area contributed by atoms with E-state index in [4.69, 9.17) is 19.9 Å². The molecule has 4 fully saturated rings. The molecule has 0 aromatic rings. The first-order valence-electron chi connectivity index (χ1n) is 16.8. The summed E-state index contributed by atoms with van der Waals surface area (Å²) in [6.45, 7) is 23.7. The molecule has 5 rings (SSSR count). The van der Waals surface area contributed by atoms with Crippen molar-refractivity contribution in [3.8, 4) is 0 Å². The minimum atomic E-state index is -0.607. The van der Waals surface area contributed by atoms with E-state index in [2.05, 4.69) is 61.5 Å². The number of carboxylic acid groups (broad SMARTS) is 1. The minimum absolute atomic E-state index is 0.0472. The zero-order valence-electron chi connectivity index (χ0n) is 28.5. The molecule has 1 heterocycles. The van der Waals surface area contributed by atoms with Crippen molar-refractivity contribution in [3.63, 3.8) is 0 Å². The fourth-order valence-corrected chi connectivity index (χ4v) is 11.7. The third-order valence-corrected chi connectivity index (χ3v) is 14.5. The highest BCUT2D eigenvalue weighted by Gasteiger charge is 2.73. The molecule has 240 valence electrons. The van der Waals surface area contributed by atoms with Gasteiger partial charge in [-0.05, 0) is 99.2 Å². The van der Waals surface area contributed by atoms with E-state index >= 15 is 0 Å². The third kappa shape index (κ3) is 4.27. The normalized spacial score (nSPS) is 49.4. The molecule has 3 saturated carbocycles. The summed E-state index contributed by atoms with van der Waals surface area (Å²) < 4.78 is 19.7. The molecule has 0 aromatic carbocycles. The van der Waals surface area contributed by atoms with Crippen LogP contribution >= 0.6 is 0 Å². The smallest absolute Gasteiger partial charge is 0.307 e. The number of hydrogen-bond acceptors (Lipinski definition) is 5. The fourth-order valence-electron chi connectivity index (χ4n) is 11.7. The van der Waals surface area contributed by atoms with Gasteiger partial charge in [0.25, 0.3) is 0 Å². The highest BCUT2D eigenvalue weighted by molar-refractivity contribution is 5.73. The van der Waals surface area contributed by atoms with Gasteiger partial charge >= 0.3 is 5.97 Å². The average Bonchev–Trinajstić information content (AvgIpc) is 2.89. The molecule has 0 spiro atoms. The highest BCUT2D eigenvalue weighted by atomic mass is 16.5. The number of carboxylic acids is 1. The number of fused-ring (bicyclic) bond motifs is 3. The first-order valence-corrected chi connectivity index (χ1v) is 16.8. The van der Waals surface area contributed by atoms with E-state index in [1.54, 1.807) is 5.57 Å². The monoisotopic (exact) mass is 587 g/mol. The lowest BCUT2D eigenvalue weighted by Crippen LogP contribution is -2.72. The van der Waals surface area contributed by atoms with Crippen LogP contribution in [0.5, 0.6) is 0 Å². The highest BCUT2D eigenvalue weighted by Crippen LogP contribution is 2.75. The van der Waals surface area contributed by atoms with E-state index in [0.29, 0.717) is 36.9 Å². The molecule has 0 radical (unpaired) electrons. The molecule has 42 heavy (non-hydrogen) atoms. The second-order valence-electron chi connectivity index (χ2n) is 17.4. The average molecular weight is 588 g/mol. The van der Waals surface area contributed by atoms with Gasteiger partial charge in [0, 0.05) is 23.5 Å². The standard InChI is InChI=1S/C36H61NO5/c1-21(2)22(3)32(7)16-17-34(9)24-12-13-27-33(8)20-41-23(4)36(27,18-26(40-11)29(33)42-19-31(5,6)37)25(24)14-15-35(34,10)28(32)30(38)39/h14,21-24,26-29H,12-13,15-20,37H2,1-11H3,(H,38,39)/t22-,23+,24+,26-,27+,28-,29+,32-,33-,34-,35+,36+/m1/s1. The Morgan fingerprint density at radius 3 is 2.38 bits per heavy atom. The maximum Gasteiger partial charge on any atom is 0.307 e. The van der Waals surface area contributed by atoms with Gasteiger partial charge in [-0.25, -0.2) is 0 Å². The number of aliphatic carboxylic acids is 1. The number of allylic oxidation sites excluding steroid dienone is 1. The second-order valence-corrected chi connectivity index (χ2v) is 17.4. The van der Waals surface area contributed by atoms with Gasteiger partial charge in [0.1, 0.15) is 0 Å². The van der Waals surface area contributed by atoms with Crippen molar-refractivity contribution in [2.45, 2.75) is 132 Å². The molecular weight excluding hydrogens is 526 g/mol. The molecule has 3 N–H and O–H groups in total. The summed E-state index contributed by atoms with van der Waals surface area (Å²) in [4.78, 5) is 13.3. The van der Waals surface area contributed by atoms with Crippen molar-refractivity contribution < 1.29 is 24.1 Å². The van der Waals surface area contributed by atoms with Crippen LogP contribution in [0.25, 0.3) is 0 Å². The zero-order chi connectivity index (χ0) is 31.3. The molecule has 6 heteroatoms. The second kappa shape index (κ2) is 10.3. The number of methoxy groups -OCH3 is 1. The number of carbonyl (C=O) groups is 1. The first-order chi connectivity index (χ1) is 19.3. The molecule has 5 aliphatic rings. The van der Waals surface area contributed by atoms with Gasteiger partial charge in [0.2, 0.25) is 0 Å². The molecule has 6 nitrogen and oxygen atoms in total. The summed E-state index contributed by atoms with van der Waals surface area (Å²) in [5.74, 6) is 0.563. The molecular formula is C36H61NO5. The Morgan fingerprint density at radius 1 is 1.14 bits per heavy atom. The van der Waals surface area contributed by atoms with Crippen molar-refractivity contribution >= 4 is 5.97 Å². The van der Waals surface area contributed by atoms with Gasteiger partial charge in [0.05, 0.1) is 37.4 Å². The molecule has 12 atom stereocenters. The molecule has 1 saturated heterocycles. The van der Waals surface area contributed by atoms with E-state index in [-0.39, 0.29) is 51.3 Å². The van der Waals surface area contributed by atoms with Crippen LogP contribution < -0.4 is 5.73 Å². The summed E-state index contributed by atoms with van der Waals surface area (Å²) in [6, 6.07) is 0. The van der Waals surface area contributed by atoms with Crippen LogP contribution in [0.4, 0.5) is 0 Å². The predicted molar refractivity (Wildman–Crippen MR) is 167 cm³/mol. The predicted octanol–water partition coefficient (Wildman–Crippen LogP) is 7.10. The van der Waals surface area contributed by atoms with Crippen molar-refractivity contribution in [1.82, 2.24) is 0 Å². The molecule has 0 amide bonds. The summed E-state index contributed by atoms with van der Waals surface area (Å²) in [7, 11) is 1.83. The lowest BCUT2D eigenvalue weighted by molar-refractivity contribution is -0.287. The van der Waals surface area contributed by atoms with E-state index < -0.39 is 11.5 Å². The number of hydrogen-bond donors (Lipinski definition) is 2. The minimum Gasteiger partial charge on any atom is -0.481 e. The maximum atomic E-state index is 13.3. The summed E-state index contributed by atoms with van der Waals surface area (Å²) in [6.07, 6.45) is 8.39. The van der Waals surface area contributed by atoms with Crippen LogP contribution in [0, 0.1) is 56.7 Å². The van der Waals surface area contributed by atoms with Crippen molar-refractivity contribution in [1.29, 1.82) is 0 Å². The summed E-state index contributed by atoms with van der Waals surface area (Å²) in [5, 5.41) is 10.9. The van der Waals surface area contributed by atoms with E-state index in [9.17, 15) is 9.90 Å². The van der Waals surface area contributed by atoms with Crippen LogP contribution in [-0.4, -0.2) is 55.3 Å². The van der Waals surface area contributed by atoms with Crippen molar-refractivity contribution in [2.24, 2.45) is 62.4 Å². The summed E-state index contributed by atoms with van der Waals surface area (Å²) >= 11 is 0. The largest absolute Gasteiger partial charge is 0.481 e. The number of ether oxygens (including phenoxy) is 3. The lowest BCUT2D eigenvalue weighted by atomic mass is 9.34. The van der Waals surface area contributed by atoms with Gasteiger partial charge in [-0.2, -0.15) is 0 Å². The third-order valence-electron chi connectivity index (χ3n) is 14.5. The van der Waals surface area contributed by atoms with Crippen molar-refractivity contribution in [2.75, 3.05) is 20.3 Å². The number of rotatable bonds is 7. The first kappa shape index (κ1) is 32.4. The van der Waals surface area contributed by atoms with Crippen LogP contribution in [-0.2, 0) is 19.0 Å².